The van der Waals surface area contributed by atoms with E-state index >= 15 is 0 Å². The van der Waals surface area contributed by atoms with Crippen LogP contribution in [-0.2, 0) is 0 Å². The molecule has 2 aromatic rings. The number of likely N-dealkylation sites (tertiary alicyclic amines) is 1. The summed E-state index contributed by atoms with van der Waals surface area (Å²) in [5, 5.41) is 0.849. The molecule has 1 saturated heterocycles. The lowest BCUT2D eigenvalue weighted by Crippen LogP contribution is -2.38. The molecule has 0 bridgehead atoms. The van der Waals surface area contributed by atoms with E-state index in [4.69, 9.17) is 0 Å². The zero-order valence-corrected chi connectivity index (χ0v) is 13.3. The van der Waals surface area contributed by atoms with Crippen molar-refractivity contribution in [2.45, 2.75) is 25.8 Å². The Kier molecular flexibility index (Phi) is 3.78. The first kappa shape index (κ1) is 13.3. The molecule has 0 amide bonds. The smallest absolute Gasteiger partial charge is 0.268 e. The lowest BCUT2D eigenvalue weighted by atomic mass is 10.1. The Morgan fingerprint density at radius 2 is 2.32 bits per heavy atom. The highest BCUT2D eigenvalue weighted by Crippen LogP contribution is 2.27. The van der Waals surface area contributed by atoms with Crippen molar-refractivity contribution < 1.29 is 0 Å². The molecule has 3 rings (SSSR count). The minimum Gasteiger partial charge on any atom is -0.302 e. The van der Waals surface area contributed by atoms with E-state index in [0.717, 1.165) is 40.6 Å². The van der Waals surface area contributed by atoms with Gasteiger partial charge in [-0.3, -0.25) is 8.75 Å². The average Bonchev–Trinajstić information content (AvgIpc) is 2.75. The number of hydrogen-bond donors (Lipinski definition) is 0. The van der Waals surface area contributed by atoms with Crippen LogP contribution in [0.3, 0.4) is 0 Å². The van der Waals surface area contributed by atoms with Gasteiger partial charge in [0.05, 0.1) is 16.1 Å². The van der Waals surface area contributed by atoms with Crippen molar-refractivity contribution in [3.8, 4) is 0 Å². The highest BCUT2D eigenvalue weighted by molar-refractivity contribution is 9.10. The first-order valence-electron chi connectivity index (χ1n) is 6.72. The molecule has 1 aromatic carbocycles. The minimum absolute atomic E-state index is 0.176. The summed E-state index contributed by atoms with van der Waals surface area (Å²) in [4.78, 5) is 14.9. The number of fused-ring (bicyclic) bond motifs is 1. The number of likely N-dealkylation sites (N-methyl/N-ethyl adjacent to an activating group) is 1. The molecule has 1 aliphatic heterocycles. The third-order valence-electron chi connectivity index (χ3n) is 3.83. The summed E-state index contributed by atoms with van der Waals surface area (Å²) in [5.41, 5.74) is 0.176. The maximum atomic E-state index is 12.5. The van der Waals surface area contributed by atoms with Gasteiger partial charge < -0.3 is 4.90 Å². The number of aromatic nitrogens is 1. The average molecular weight is 341 g/mol. The van der Waals surface area contributed by atoms with E-state index < -0.39 is 0 Å². The van der Waals surface area contributed by atoms with E-state index in [1.807, 2.05) is 22.2 Å². The fraction of sp³-hybridized carbons (Fsp3) is 0.500. The van der Waals surface area contributed by atoms with E-state index in [-0.39, 0.29) is 5.56 Å². The minimum atomic E-state index is 0.176. The number of hydrogen-bond acceptors (Lipinski definition) is 3. The number of rotatable bonds is 2. The standard InChI is InChI=1S/C14H17BrN2OS/c1-2-16-7-3-4-11(9-16)17-14(18)12-6-5-10(15)8-13(12)19-17/h5-6,8,11H,2-4,7,9H2,1H3. The van der Waals surface area contributed by atoms with Crippen LogP contribution in [0.15, 0.2) is 27.5 Å². The Labute approximate surface area is 125 Å². The van der Waals surface area contributed by atoms with Crippen LogP contribution in [0.5, 0.6) is 0 Å². The van der Waals surface area contributed by atoms with Gasteiger partial charge in [-0.1, -0.05) is 34.4 Å². The molecule has 19 heavy (non-hydrogen) atoms. The van der Waals surface area contributed by atoms with Gasteiger partial charge in [0.1, 0.15) is 0 Å². The monoisotopic (exact) mass is 340 g/mol. The Hall–Kier alpha value is -0.650. The lowest BCUT2D eigenvalue weighted by molar-refractivity contribution is 0.190. The summed E-state index contributed by atoms with van der Waals surface area (Å²) in [6.45, 7) is 5.43. The zero-order valence-electron chi connectivity index (χ0n) is 10.9. The Morgan fingerprint density at radius 3 is 3.11 bits per heavy atom. The summed E-state index contributed by atoms with van der Waals surface area (Å²) < 4.78 is 4.10. The molecule has 1 unspecified atom stereocenters. The van der Waals surface area contributed by atoms with E-state index in [1.165, 1.54) is 6.42 Å². The van der Waals surface area contributed by atoms with Gasteiger partial charge in [-0.05, 0) is 44.1 Å². The summed E-state index contributed by atoms with van der Waals surface area (Å²) in [6, 6.07) is 6.26. The van der Waals surface area contributed by atoms with Gasteiger partial charge in [0, 0.05) is 11.0 Å². The fourth-order valence-electron chi connectivity index (χ4n) is 2.76. The summed E-state index contributed by atoms with van der Waals surface area (Å²) in [7, 11) is 0. The van der Waals surface area contributed by atoms with Crippen molar-refractivity contribution in [3.05, 3.63) is 33.0 Å². The molecule has 5 heteroatoms. The molecule has 0 aliphatic carbocycles. The fourth-order valence-corrected chi connectivity index (χ4v) is 4.42. The van der Waals surface area contributed by atoms with Gasteiger partial charge >= 0.3 is 0 Å². The van der Waals surface area contributed by atoms with Gasteiger partial charge in [0.25, 0.3) is 5.56 Å². The van der Waals surface area contributed by atoms with Crippen LogP contribution >= 0.6 is 27.5 Å². The van der Waals surface area contributed by atoms with Crippen molar-refractivity contribution in [3.63, 3.8) is 0 Å². The first-order chi connectivity index (χ1) is 9.19. The topological polar surface area (TPSA) is 25.2 Å². The summed E-state index contributed by atoms with van der Waals surface area (Å²) >= 11 is 5.07. The molecule has 102 valence electrons. The SMILES string of the molecule is CCN1CCCC(n2sc3cc(Br)ccc3c2=O)C1. The van der Waals surface area contributed by atoms with Crippen molar-refractivity contribution >= 4 is 37.5 Å². The molecule has 0 spiro atoms. The third kappa shape index (κ3) is 2.51. The van der Waals surface area contributed by atoms with Crippen LogP contribution in [0.25, 0.3) is 10.1 Å². The summed E-state index contributed by atoms with van der Waals surface area (Å²) in [5.74, 6) is 0. The lowest BCUT2D eigenvalue weighted by Gasteiger charge is -2.31. The summed E-state index contributed by atoms with van der Waals surface area (Å²) in [6.07, 6.45) is 2.30. The largest absolute Gasteiger partial charge is 0.302 e. The van der Waals surface area contributed by atoms with Crippen LogP contribution in [0.4, 0.5) is 0 Å². The highest BCUT2D eigenvalue weighted by atomic mass is 79.9. The molecule has 3 nitrogen and oxygen atoms in total. The molecule has 1 aliphatic rings. The maximum absolute atomic E-state index is 12.5. The van der Waals surface area contributed by atoms with Crippen LogP contribution in [0.1, 0.15) is 25.8 Å². The number of benzene rings is 1. The molecule has 0 N–H and O–H groups in total. The Bertz CT molecular complexity index is 648. The van der Waals surface area contributed by atoms with E-state index in [9.17, 15) is 4.79 Å². The van der Waals surface area contributed by atoms with Gasteiger partial charge in [0.15, 0.2) is 0 Å². The highest BCUT2D eigenvalue weighted by Gasteiger charge is 2.23. The second kappa shape index (κ2) is 5.38. The molecular formula is C14H17BrN2OS. The molecule has 1 fully saturated rings. The number of piperidine rings is 1. The van der Waals surface area contributed by atoms with Crippen LogP contribution in [0, 0.1) is 0 Å². The molecular weight excluding hydrogens is 324 g/mol. The Balaban J connectivity index is 2.00. The van der Waals surface area contributed by atoms with E-state index in [2.05, 4.69) is 27.8 Å². The van der Waals surface area contributed by atoms with Crippen LogP contribution in [-0.4, -0.2) is 28.5 Å². The predicted octanol–water partition coefficient (Wildman–Crippen LogP) is 3.48. The normalized spacial score (nSPS) is 21.1. The molecule has 1 aromatic heterocycles. The molecule has 1 atom stereocenters. The van der Waals surface area contributed by atoms with Gasteiger partial charge in [-0.2, -0.15) is 0 Å². The number of halogens is 1. The first-order valence-corrected chi connectivity index (χ1v) is 8.29. The maximum Gasteiger partial charge on any atom is 0.268 e. The van der Waals surface area contributed by atoms with Crippen molar-refractivity contribution in [1.29, 1.82) is 0 Å². The predicted molar refractivity (Wildman–Crippen MR) is 84.2 cm³/mol. The molecule has 2 heterocycles. The Morgan fingerprint density at radius 1 is 1.47 bits per heavy atom. The van der Waals surface area contributed by atoms with Crippen molar-refractivity contribution in [2.75, 3.05) is 19.6 Å². The third-order valence-corrected chi connectivity index (χ3v) is 5.52. The quantitative estimate of drug-likeness (QED) is 0.836. The van der Waals surface area contributed by atoms with Crippen molar-refractivity contribution in [1.82, 2.24) is 8.86 Å². The molecule has 0 radical (unpaired) electrons. The van der Waals surface area contributed by atoms with Crippen LogP contribution < -0.4 is 5.56 Å². The van der Waals surface area contributed by atoms with Gasteiger partial charge in [0.2, 0.25) is 0 Å². The number of nitrogens with zero attached hydrogens (tertiary/aromatic N) is 2. The zero-order chi connectivity index (χ0) is 13.4. The van der Waals surface area contributed by atoms with Crippen LogP contribution in [0.2, 0.25) is 0 Å². The van der Waals surface area contributed by atoms with E-state index in [0.29, 0.717) is 6.04 Å². The van der Waals surface area contributed by atoms with Gasteiger partial charge in [-0.25, -0.2) is 0 Å². The van der Waals surface area contributed by atoms with Gasteiger partial charge in [-0.15, -0.1) is 0 Å². The second-order valence-electron chi connectivity index (χ2n) is 5.05. The molecule has 0 saturated carbocycles. The second-order valence-corrected chi connectivity index (χ2v) is 6.98. The van der Waals surface area contributed by atoms with Crippen molar-refractivity contribution in [2.24, 2.45) is 0 Å². The van der Waals surface area contributed by atoms with E-state index in [1.54, 1.807) is 11.5 Å².